The van der Waals surface area contributed by atoms with Gasteiger partial charge in [-0.15, -0.1) is 13.2 Å². The zero-order valence-electron chi connectivity index (χ0n) is 10.2. The highest BCUT2D eigenvalue weighted by Gasteiger charge is 2.43. The van der Waals surface area contributed by atoms with E-state index in [2.05, 4.69) is 4.74 Å². The molecule has 1 atom stereocenters. The van der Waals surface area contributed by atoms with Gasteiger partial charge in [0.25, 0.3) is 0 Å². The molecule has 1 aromatic carbocycles. The lowest BCUT2D eigenvalue weighted by molar-refractivity contribution is -0.275. The molecule has 0 aromatic heterocycles. The van der Waals surface area contributed by atoms with Gasteiger partial charge >= 0.3 is 6.36 Å². The van der Waals surface area contributed by atoms with E-state index in [0.29, 0.717) is 0 Å². The Morgan fingerprint density at radius 2 is 1.95 bits per heavy atom. The maximum atomic E-state index is 13.0. The van der Waals surface area contributed by atoms with Crippen LogP contribution in [0.2, 0.25) is 0 Å². The first-order valence-electron chi connectivity index (χ1n) is 5.75. The predicted molar refractivity (Wildman–Crippen MR) is 60.0 cm³/mol. The van der Waals surface area contributed by atoms with Gasteiger partial charge in [-0.1, -0.05) is 12.1 Å². The number of halogens is 5. The van der Waals surface area contributed by atoms with E-state index in [4.69, 9.17) is 10.5 Å². The van der Waals surface area contributed by atoms with Crippen LogP contribution in [0.1, 0.15) is 18.0 Å². The average Bonchev–Trinajstić information content (AvgIpc) is 2.38. The van der Waals surface area contributed by atoms with Crippen LogP contribution in [-0.4, -0.2) is 25.3 Å². The Morgan fingerprint density at radius 3 is 2.50 bits per heavy atom. The molecular formula is C12H12F5NO2. The van der Waals surface area contributed by atoms with Crippen LogP contribution >= 0.6 is 0 Å². The number of hydrogen-bond acceptors (Lipinski definition) is 3. The summed E-state index contributed by atoms with van der Waals surface area (Å²) in [7, 11) is 0. The van der Waals surface area contributed by atoms with E-state index in [1.165, 1.54) is 12.1 Å². The highest BCUT2D eigenvalue weighted by molar-refractivity contribution is 5.50. The largest absolute Gasteiger partial charge is 0.573 e. The molecule has 1 aliphatic heterocycles. The van der Waals surface area contributed by atoms with E-state index in [9.17, 15) is 22.0 Å². The Bertz CT molecular complexity index is 487. The SMILES string of the molecule is NC1CC(CF)(CF)Oc2c(OC(F)(F)F)cccc21. The molecule has 0 spiro atoms. The molecule has 1 heterocycles. The van der Waals surface area contributed by atoms with E-state index in [1.54, 1.807) is 0 Å². The molecule has 0 bridgehead atoms. The van der Waals surface area contributed by atoms with Crippen LogP contribution < -0.4 is 15.2 Å². The minimum atomic E-state index is -4.94. The maximum Gasteiger partial charge on any atom is 0.573 e. The Labute approximate surface area is 111 Å². The number of fused-ring (bicyclic) bond motifs is 1. The molecule has 3 nitrogen and oxygen atoms in total. The highest BCUT2D eigenvalue weighted by Crippen LogP contribution is 2.45. The lowest BCUT2D eigenvalue weighted by atomic mass is 9.89. The normalized spacial score (nSPS) is 21.0. The molecule has 0 saturated carbocycles. The molecule has 0 aliphatic carbocycles. The van der Waals surface area contributed by atoms with E-state index in [0.717, 1.165) is 6.07 Å². The van der Waals surface area contributed by atoms with Crippen molar-refractivity contribution in [3.05, 3.63) is 23.8 Å². The van der Waals surface area contributed by atoms with E-state index >= 15 is 0 Å². The number of para-hydroxylation sites is 1. The van der Waals surface area contributed by atoms with Crippen LogP contribution in [0, 0.1) is 0 Å². The third-order valence-electron chi connectivity index (χ3n) is 3.03. The van der Waals surface area contributed by atoms with E-state index in [-0.39, 0.29) is 17.7 Å². The van der Waals surface area contributed by atoms with Crippen molar-refractivity contribution in [3.63, 3.8) is 0 Å². The Balaban J connectivity index is 2.44. The first-order valence-corrected chi connectivity index (χ1v) is 5.75. The zero-order chi connectivity index (χ0) is 15.0. The van der Waals surface area contributed by atoms with E-state index < -0.39 is 37.1 Å². The Kier molecular flexibility index (Phi) is 3.77. The summed E-state index contributed by atoms with van der Waals surface area (Å²) in [5.74, 6) is -1.02. The number of nitrogens with two attached hydrogens (primary N) is 1. The average molecular weight is 297 g/mol. The summed E-state index contributed by atoms with van der Waals surface area (Å²) in [6, 6.07) is 2.91. The van der Waals surface area contributed by atoms with Crippen LogP contribution in [-0.2, 0) is 0 Å². The lowest BCUT2D eigenvalue weighted by Gasteiger charge is -2.38. The maximum absolute atomic E-state index is 13.0. The first kappa shape index (κ1) is 14.8. The van der Waals surface area contributed by atoms with Crippen molar-refractivity contribution in [2.75, 3.05) is 13.3 Å². The van der Waals surface area contributed by atoms with Gasteiger partial charge < -0.3 is 15.2 Å². The number of hydrogen-bond donors (Lipinski definition) is 1. The molecular weight excluding hydrogens is 285 g/mol. The number of rotatable bonds is 3. The standard InChI is InChI=1S/C12H12F5NO2/c13-5-11(6-14)4-8(18)7-2-1-3-9(10(7)20-11)19-12(15,16)17/h1-3,8H,4-6,18H2. The van der Waals surface area contributed by atoms with Crippen molar-refractivity contribution in [1.82, 2.24) is 0 Å². The Morgan fingerprint density at radius 1 is 1.30 bits per heavy atom. The van der Waals surface area contributed by atoms with Gasteiger partial charge in [-0.2, -0.15) is 0 Å². The molecule has 0 saturated heterocycles. The van der Waals surface area contributed by atoms with Crippen molar-refractivity contribution in [1.29, 1.82) is 0 Å². The minimum absolute atomic E-state index is 0.164. The van der Waals surface area contributed by atoms with Crippen molar-refractivity contribution in [2.45, 2.75) is 24.4 Å². The van der Waals surface area contributed by atoms with Gasteiger partial charge in [0.15, 0.2) is 17.1 Å². The molecule has 0 fully saturated rings. The summed E-state index contributed by atoms with van der Waals surface area (Å²) in [5.41, 5.74) is 4.12. The smallest absolute Gasteiger partial charge is 0.477 e. The molecule has 2 N–H and O–H groups in total. The van der Waals surface area contributed by atoms with Crippen LogP contribution in [0.15, 0.2) is 18.2 Å². The molecule has 1 unspecified atom stereocenters. The molecule has 8 heteroatoms. The molecule has 1 aliphatic rings. The van der Waals surface area contributed by atoms with Crippen molar-refractivity contribution < 1.29 is 31.4 Å². The second kappa shape index (κ2) is 5.08. The fraction of sp³-hybridized carbons (Fsp3) is 0.500. The van der Waals surface area contributed by atoms with Gasteiger partial charge in [0.2, 0.25) is 0 Å². The van der Waals surface area contributed by atoms with Gasteiger partial charge in [-0.25, -0.2) is 8.78 Å². The third-order valence-corrected chi connectivity index (χ3v) is 3.03. The van der Waals surface area contributed by atoms with Crippen molar-refractivity contribution >= 4 is 0 Å². The van der Waals surface area contributed by atoms with Crippen LogP contribution in [0.25, 0.3) is 0 Å². The molecule has 112 valence electrons. The second-order valence-electron chi connectivity index (χ2n) is 4.59. The highest BCUT2D eigenvalue weighted by atomic mass is 19.4. The third kappa shape index (κ3) is 2.79. The summed E-state index contributed by atoms with van der Waals surface area (Å²) in [6.07, 6.45) is -5.10. The lowest BCUT2D eigenvalue weighted by Crippen LogP contribution is -2.47. The fourth-order valence-electron chi connectivity index (χ4n) is 2.11. The molecule has 0 radical (unpaired) electrons. The van der Waals surface area contributed by atoms with Crippen LogP contribution in [0.5, 0.6) is 11.5 Å². The Hall–Kier alpha value is -1.57. The predicted octanol–water partition coefficient (Wildman–Crippen LogP) is 3.05. The summed E-state index contributed by atoms with van der Waals surface area (Å²) < 4.78 is 71.8. The molecule has 0 amide bonds. The summed E-state index contributed by atoms with van der Waals surface area (Å²) in [6.45, 7) is -2.39. The van der Waals surface area contributed by atoms with Gasteiger partial charge in [0, 0.05) is 18.0 Å². The monoisotopic (exact) mass is 297 g/mol. The van der Waals surface area contributed by atoms with Crippen molar-refractivity contribution in [2.24, 2.45) is 5.73 Å². The quantitative estimate of drug-likeness (QED) is 0.872. The fourth-order valence-corrected chi connectivity index (χ4v) is 2.11. The topological polar surface area (TPSA) is 44.5 Å². The minimum Gasteiger partial charge on any atom is -0.477 e. The van der Waals surface area contributed by atoms with Gasteiger partial charge in [0.1, 0.15) is 13.3 Å². The number of alkyl halides is 5. The first-order chi connectivity index (χ1) is 9.30. The molecule has 2 rings (SSSR count). The van der Waals surface area contributed by atoms with Gasteiger partial charge in [0.05, 0.1) is 0 Å². The zero-order valence-corrected chi connectivity index (χ0v) is 10.2. The summed E-state index contributed by atoms with van der Waals surface area (Å²) >= 11 is 0. The van der Waals surface area contributed by atoms with Crippen LogP contribution in [0.4, 0.5) is 22.0 Å². The molecule has 1 aromatic rings. The van der Waals surface area contributed by atoms with Gasteiger partial charge in [-0.3, -0.25) is 0 Å². The summed E-state index contributed by atoms with van der Waals surface area (Å²) in [4.78, 5) is 0. The second-order valence-corrected chi connectivity index (χ2v) is 4.59. The number of benzene rings is 1. The molecule has 20 heavy (non-hydrogen) atoms. The van der Waals surface area contributed by atoms with Crippen molar-refractivity contribution in [3.8, 4) is 11.5 Å². The van der Waals surface area contributed by atoms with Crippen LogP contribution in [0.3, 0.4) is 0 Å². The van der Waals surface area contributed by atoms with E-state index in [1.807, 2.05) is 0 Å². The summed E-state index contributed by atoms with van der Waals surface area (Å²) in [5, 5.41) is 0. The van der Waals surface area contributed by atoms with Gasteiger partial charge in [-0.05, 0) is 6.07 Å². The number of ether oxygens (including phenoxy) is 2.